The predicted octanol–water partition coefficient (Wildman–Crippen LogP) is 3.71. The zero-order valence-corrected chi connectivity index (χ0v) is 21.9. The number of benzene rings is 2. The summed E-state index contributed by atoms with van der Waals surface area (Å²) in [5.41, 5.74) is 5.16. The maximum Gasteiger partial charge on any atom is 0.213 e. The van der Waals surface area contributed by atoms with Gasteiger partial charge < -0.3 is 23.9 Å². The molecule has 2 aromatic carbocycles. The van der Waals surface area contributed by atoms with E-state index in [2.05, 4.69) is 46.7 Å². The molecule has 0 saturated carbocycles. The third-order valence-corrected chi connectivity index (χ3v) is 7.21. The highest BCUT2D eigenvalue weighted by Gasteiger charge is 2.24. The Labute approximate surface area is 222 Å². The van der Waals surface area contributed by atoms with E-state index in [0.717, 1.165) is 54.0 Å². The van der Waals surface area contributed by atoms with Crippen LogP contribution in [0.5, 0.6) is 5.88 Å². The Morgan fingerprint density at radius 1 is 1.05 bits per heavy atom. The van der Waals surface area contributed by atoms with Crippen molar-refractivity contribution in [1.82, 2.24) is 19.4 Å². The summed E-state index contributed by atoms with van der Waals surface area (Å²) in [6.07, 6.45) is 2.00. The number of aromatic nitrogens is 3. The van der Waals surface area contributed by atoms with Gasteiger partial charge >= 0.3 is 0 Å². The predicted molar refractivity (Wildman–Crippen MR) is 143 cm³/mol. The Morgan fingerprint density at radius 2 is 1.84 bits per heavy atom. The standard InChI is InChI=1S/C30H34N4O4/c1-21-6-8-22(9-7-21)20-38-29-5-3-4-25(32-29)23-12-14-33(15-13-23)19-28-31-26-11-10-24(30(35)36)18-27(26)34(28)16-17-37-2/h3-11,18,23H,12-17,19-20H2,1-2H3,(H,35,36)/p-1. The molecule has 8 nitrogen and oxygen atoms in total. The van der Waals surface area contributed by atoms with Crippen LogP contribution >= 0.6 is 0 Å². The maximum absolute atomic E-state index is 11.4. The first-order chi connectivity index (χ1) is 18.5. The van der Waals surface area contributed by atoms with Gasteiger partial charge in [-0.15, -0.1) is 0 Å². The topological polar surface area (TPSA) is 92.5 Å². The van der Waals surface area contributed by atoms with Crippen molar-refractivity contribution in [2.24, 2.45) is 0 Å². The second-order valence-electron chi connectivity index (χ2n) is 9.89. The van der Waals surface area contributed by atoms with Gasteiger partial charge in [0.05, 0.1) is 30.2 Å². The van der Waals surface area contributed by atoms with Crippen LogP contribution in [0.4, 0.5) is 0 Å². The molecule has 1 aliphatic heterocycles. The first kappa shape index (κ1) is 25.9. The van der Waals surface area contributed by atoms with Gasteiger partial charge in [-0.25, -0.2) is 9.97 Å². The molecular weight excluding hydrogens is 480 g/mol. The summed E-state index contributed by atoms with van der Waals surface area (Å²) in [7, 11) is 1.66. The molecule has 1 aliphatic rings. The Morgan fingerprint density at radius 3 is 2.58 bits per heavy atom. The van der Waals surface area contributed by atoms with E-state index in [1.165, 1.54) is 5.56 Å². The lowest BCUT2D eigenvalue weighted by molar-refractivity contribution is -0.255. The summed E-state index contributed by atoms with van der Waals surface area (Å²) in [5.74, 6) is 0.768. The Hall–Kier alpha value is -3.75. The molecule has 0 amide bonds. The van der Waals surface area contributed by atoms with Crippen molar-refractivity contribution in [2.75, 3.05) is 26.8 Å². The number of carboxylic acid groups (broad SMARTS) is 1. The third-order valence-electron chi connectivity index (χ3n) is 7.21. The summed E-state index contributed by atoms with van der Waals surface area (Å²) >= 11 is 0. The molecule has 8 heteroatoms. The lowest BCUT2D eigenvalue weighted by Crippen LogP contribution is -2.33. The molecule has 0 N–H and O–H groups in total. The molecule has 38 heavy (non-hydrogen) atoms. The van der Waals surface area contributed by atoms with E-state index >= 15 is 0 Å². The molecule has 0 aliphatic carbocycles. The van der Waals surface area contributed by atoms with Gasteiger partial charge in [-0.05, 0) is 62.2 Å². The molecule has 3 heterocycles. The van der Waals surface area contributed by atoms with Crippen LogP contribution in [0, 0.1) is 6.92 Å². The lowest BCUT2D eigenvalue weighted by atomic mass is 9.93. The molecule has 0 bridgehead atoms. The van der Waals surface area contributed by atoms with Gasteiger partial charge in [-0.2, -0.15) is 0 Å². The number of hydrogen-bond acceptors (Lipinski definition) is 7. The number of carbonyl (C=O) groups is 1. The van der Waals surface area contributed by atoms with Gasteiger partial charge in [-0.3, -0.25) is 4.90 Å². The molecule has 5 rings (SSSR count). The Balaban J connectivity index is 1.22. The average Bonchev–Trinajstić information content (AvgIpc) is 3.28. The highest BCUT2D eigenvalue weighted by molar-refractivity contribution is 5.91. The van der Waals surface area contributed by atoms with Crippen molar-refractivity contribution in [3.63, 3.8) is 0 Å². The van der Waals surface area contributed by atoms with Gasteiger partial charge in [0.1, 0.15) is 12.4 Å². The number of rotatable bonds is 10. The van der Waals surface area contributed by atoms with E-state index in [4.69, 9.17) is 19.4 Å². The molecular formula is C30H33N4O4-. The van der Waals surface area contributed by atoms with Gasteiger partial charge in [0.2, 0.25) is 5.88 Å². The van der Waals surface area contributed by atoms with Crippen LogP contribution in [0.25, 0.3) is 11.0 Å². The number of imidazole rings is 1. The van der Waals surface area contributed by atoms with E-state index in [1.54, 1.807) is 25.3 Å². The number of carboxylic acids is 1. The molecule has 198 valence electrons. The van der Waals surface area contributed by atoms with Crippen LogP contribution in [-0.4, -0.2) is 52.2 Å². The van der Waals surface area contributed by atoms with Crippen molar-refractivity contribution in [2.45, 2.75) is 45.4 Å². The summed E-state index contributed by atoms with van der Waals surface area (Å²) < 4.78 is 13.3. The van der Waals surface area contributed by atoms with Crippen molar-refractivity contribution in [1.29, 1.82) is 0 Å². The largest absolute Gasteiger partial charge is 0.545 e. The summed E-state index contributed by atoms with van der Waals surface area (Å²) in [6, 6.07) is 19.3. The number of piperidine rings is 1. The highest BCUT2D eigenvalue weighted by Crippen LogP contribution is 2.29. The Kier molecular flexibility index (Phi) is 8.00. The highest BCUT2D eigenvalue weighted by atomic mass is 16.5. The fourth-order valence-electron chi connectivity index (χ4n) is 5.02. The molecule has 0 radical (unpaired) electrons. The lowest BCUT2D eigenvalue weighted by Gasteiger charge is -2.31. The smallest absolute Gasteiger partial charge is 0.213 e. The summed E-state index contributed by atoms with van der Waals surface area (Å²) in [6.45, 7) is 6.26. The number of fused-ring (bicyclic) bond motifs is 1. The number of ether oxygens (including phenoxy) is 2. The normalized spacial score (nSPS) is 14.7. The third kappa shape index (κ3) is 6.03. The second kappa shape index (κ2) is 11.8. The molecule has 0 unspecified atom stereocenters. The van der Waals surface area contributed by atoms with Crippen molar-refractivity contribution >= 4 is 17.0 Å². The van der Waals surface area contributed by atoms with Crippen LogP contribution in [0.2, 0.25) is 0 Å². The first-order valence-corrected chi connectivity index (χ1v) is 13.1. The monoisotopic (exact) mass is 513 g/mol. The number of nitrogens with zero attached hydrogens (tertiary/aromatic N) is 4. The van der Waals surface area contributed by atoms with Crippen LogP contribution < -0.4 is 9.84 Å². The minimum atomic E-state index is -1.19. The van der Waals surface area contributed by atoms with E-state index in [0.29, 0.717) is 38.1 Å². The van der Waals surface area contributed by atoms with Crippen molar-refractivity contribution in [3.05, 3.63) is 88.9 Å². The second-order valence-corrected chi connectivity index (χ2v) is 9.89. The number of carbonyl (C=O) groups excluding carboxylic acids is 1. The van der Waals surface area contributed by atoms with Crippen LogP contribution in [-0.2, 0) is 24.4 Å². The molecule has 4 aromatic rings. The van der Waals surface area contributed by atoms with Crippen LogP contribution in [0.3, 0.4) is 0 Å². The number of aryl methyl sites for hydroxylation is 1. The van der Waals surface area contributed by atoms with Gasteiger partial charge in [0.25, 0.3) is 0 Å². The number of pyridine rings is 1. The molecule has 0 spiro atoms. The van der Waals surface area contributed by atoms with E-state index in [1.807, 2.05) is 12.1 Å². The Bertz CT molecular complexity index is 1390. The summed E-state index contributed by atoms with van der Waals surface area (Å²) in [5, 5.41) is 11.4. The number of aromatic carboxylic acids is 1. The maximum atomic E-state index is 11.4. The number of methoxy groups -OCH3 is 1. The van der Waals surface area contributed by atoms with E-state index in [9.17, 15) is 9.90 Å². The van der Waals surface area contributed by atoms with Crippen molar-refractivity contribution in [3.8, 4) is 5.88 Å². The minimum Gasteiger partial charge on any atom is -0.545 e. The summed E-state index contributed by atoms with van der Waals surface area (Å²) in [4.78, 5) is 23.4. The molecule has 1 saturated heterocycles. The van der Waals surface area contributed by atoms with Crippen molar-refractivity contribution < 1.29 is 19.4 Å². The minimum absolute atomic E-state index is 0.154. The van der Waals surface area contributed by atoms with Crippen LogP contribution in [0.1, 0.15) is 51.8 Å². The van der Waals surface area contributed by atoms with Gasteiger partial charge in [0, 0.05) is 31.3 Å². The average molecular weight is 514 g/mol. The molecule has 0 atom stereocenters. The zero-order valence-electron chi connectivity index (χ0n) is 21.9. The van der Waals surface area contributed by atoms with Gasteiger partial charge in [-0.1, -0.05) is 42.0 Å². The quantitative estimate of drug-likeness (QED) is 0.319. The fraction of sp³-hybridized carbons (Fsp3) is 0.367. The molecule has 1 fully saturated rings. The first-order valence-electron chi connectivity index (χ1n) is 13.1. The fourth-order valence-corrected chi connectivity index (χ4v) is 5.02. The number of hydrogen-bond donors (Lipinski definition) is 0. The zero-order chi connectivity index (χ0) is 26.5. The SMILES string of the molecule is COCCn1c(CN2CCC(c3cccc(OCc4ccc(C)cc4)n3)CC2)nc2ccc(C(=O)[O-])cc21. The van der Waals surface area contributed by atoms with Crippen LogP contribution in [0.15, 0.2) is 60.7 Å². The number of likely N-dealkylation sites (tertiary alicyclic amines) is 1. The van der Waals surface area contributed by atoms with E-state index in [-0.39, 0.29) is 5.56 Å². The van der Waals surface area contributed by atoms with E-state index < -0.39 is 5.97 Å². The van der Waals surface area contributed by atoms with Gasteiger partial charge in [0.15, 0.2) is 0 Å². The molecule has 2 aromatic heterocycles.